The largest absolute Gasteiger partial charge is 0.363 e. The van der Waals surface area contributed by atoms with Gasteiger partial charge < -0.3 is 10.3 Å². The van der Waals surface area contributed by atoms with Gasteiger partial charge in [0.2, 0.25) is 10.0 Å². The van der Waals surface area contributed by atoms with Crippen molar-refractivity contribution in [3.05, 3.63) is 18.0 Å². The second kappa shape index (κ2) is 6.07. The van der Waals surface area contributed by atoms with Crippen LogP contribution in [0.25, 0.3) is 0 Å². The standard InChI is InChI=1S/C13H23N3O2S/c1-11(2)14-9-12-8-13(10-15-12)19(17,18)16-6-4-3-5-7-16/h8,10-11,14-15H,3-7,9H2,1-2H3. The molecule has 19 heavy (non-hydrogen) atoms. The molecule has 1 aliphatic rings. The summed E-state index contributed by atoms with van der Waals surface area (Å²) in [5, 5.41) is 3.27. The topological polar surface area (TPSA) is 65.2 Å². The van der Waals surface area contributed by atoms with E-state index in [2.05, 4.69) is 24.1 Å². The highest BCUT2D eigenvalue weighted by atomic mass is 32.2. The molecule has 2 rings (SSSR count). The van der Waals surface area contributed by atoms with Crippen molar-refractivity contribution in [1.29, 1.82) is 0 Å². The molecule has 0 radical (unpaired) electrons. The first kappa shape index (κ1) is 14.6. The van der Waals surface area contributed by atoms with Crippen LogP contribution in [0, 0.1) is 0 Å². The van der Waals surface area contributed by atoms with Gasteiger partial charge in [0.05, 0.1) is 4.90 Å². The molecule has 0 bridgehead atoms. The lowest BCUT2D eigenvalue weighted by Crippen LogP contribution is -2.35. The lowest BCUT2D eigenvalue weighted by Gasteiger charge is -2.25. The summed E-state index contributed by atoms with van der Waals surface area (Å²) >= 11 is 0. The van der Waals surface area contributed by atoms with Crippen LogP contribution in [-0.4, -0.2) is 36.8 Å². The van der Waals surface area contributed by atoms with Crippen LogP contribution in [0.2, 0.25) is 0 Å². The quantitative estimate of drug-likeness (QED) is 0.865. The summed E-state index contributed by atoms with van der Waals surface area (Å²) in [6.45, 7) is 6.08. The molecule has 0 unspecified atom stereocenters. The number of hydrogen-bond donors (Lipinski definition) is 2. The molecule has 1 aliphatic heterocycles. The molecule has 1 aromatic rings. The van der Waals surface area contributed by atoms with E-state index in [4.69, 9.17) is 0 Å². The number of hydrogen-bond acceptors (Lipinski definition) is 3. The second-order valence-electron chi connectivity index (χ2n) is 5.36. The van der Waals surface area contributed by atoms with Gasteiger partial charge in [0.1, 0.15) is 0 Å². The van der Waals surface area contributed by atoms with E-state index in [0.717, 1.165) is 25.0 Å². The van der Waals surface area contributed by atoms with E-state index in [9.17, 15) is 8.42 Å². The lowest BCUT2D eigenvalue weighted by molar-refractivity contribution is 0.346. The maximum Gasteiger partial charge on any atom is 0.244 e. The molecule has 1 saturated heterocycles. The van der Waals surface area contributed by atoms with Crippen molar-refractivity contribution in [2.75, 3.05) is 13.1 Å². The maximum atomic E-state index is 12.4. The summed E-state index contributed by atoms with van der Waals surface area (Å²) in [4.78, 5) is 3.42. The van der Waals surface area contributed by atoms with Gasteiger partial charge in [-0.05, 0) is 18.9 Å². The second-order valence-corrected chi connectivity index (χ2v) is 7.30. The number of sulfonamides is 1. The number of nitrogens with zero attached hydrogens (tertiary/aromatic N) is 1. The average molecular weight is 285 g/mol. The van der Waals surface area contributed by atoms with Crippen LogP contribution >= 0.6 is 0 Å². The summed E-state index contributed by atoms with van der Waals surface area (Å²) < 4.78 is 26.4. The minimum Gasteiger partial charge on any atom is -0.363 e. The number of aromatic amines is 1. The van der Waals surface area contributed by atoms with Crippen LogP contribution < -0.4 is 5.32 Å². The highest BCUT2D eigenvalue weighted by Gasteiger charge is 2.26. The Morgan fingerprint density at radius 2 is 2.00 bits per heavy atom. The molecular formula is C13H23N3O2S. The summed E-state index contributed by atoms with van der Waals surface area (Å²) in [5.74, 6) is 0. The van der Waals surface area contributed by atoms with Crippen molar-refractivity contribution >= 4 is 10.0 Å². The van der Waals surface area contributed by atoms with E-state index >= 15 is 0 Å². The first-order valence-corrected chi connectivity index (χ1v) is 8.35. The summed E-state index contributed by atoms with van der Waals surface area (Å²) in [6.07, 6.45) is 4.65. The van der Waals surface area contributed by atoms with Gasteiger partial charge in [-0.2, -0.15) is 4.31 Å². The number of aromatic nitrogens is 1. The molecule has 1 aromatic heterocycles. The zero-order chi connectivity index (χ0) is 13.9. The van der Waals surface area contributed by atoms with Gasteiger partial charge in [-0.15, -0.1) is 0 Å². The molecule has 0 atom stereocenters. The lowest BCUT2D eigenvalue weighted by atomic mass is 10.2. The van der Waals surface area contributed by atoms with Crippen LogP contribution in [0.5, 0.6) is 0 Å². The average Bonchev–Trinajstić information content (AvgIpc) is 2.87. The monoisotopic (exact) mass is 285 g/mol. The van der Waals surface area contributed by atoms with Gasteiger partial charge in [0.15, 0.2) is 0 Å². The minimum atomic E-state index is -3.31. The van der Waals surface area contributed by atoms with Crippen LogP contribution in [0.3, 0.4) is 0 Å². The molecule has 0 saturated carbocycles. The Morgan fingerprint density at radius 3 is 2.63 bits per heavy atom. The van der Waals surface area contributed by atoms with Crippen LogP contribution in [-0.2, 0) is 16.6 Å². The van der Waals surface area contributed by atoms with E-state index in [1.165, 1.54) is 0 Å². The first-order valence-electron chi connectivity index (χ1n) is 6.91. The SMILES string of the molecule is CC(C)NCc1cc(S(=O)(=O)N2CCCCC2)c[nH]1. The molecule has 0 amide bonds. The highest BCUT2D eigenvalue weighted by molar-refractivity contribution is 7.89. The van der Waals surface area contributed by atoms with E-state index in [-0.39, 0.29) is 0 Å². The molecule has 0 aliphatic carbocycles. The third-order valence-electron chi connectivity index (χ3n) is 3.37. The zero-order valence-corrected chi connectivity index (χ0v) is 12.5. The Labute approximate surface area is 115 Å². The van der Waals surface area contributed by atoms with Gasteiger partial charge in [-0.1, -0.05) is 20.3 Å². The Balaban J connectivity index is 2.08. The molecule has 0 aromatic carbocycles. The molecule has 2 heterocycles. The predicted molar refractivity (Wildman–Crippen MR) is 75.4 cm³/mol. The van der Waals surface area contributed by atoms with Gasteiger partial charge >= 0.3 is 0 Å². The van der Waals surface area contributed by atoms with E-state index in [0.29, 0.717) is 30.6 Å². The molecular weight excluding hydrogens is 262 g/mol. The molecule has 0 spiro atoms. The number of rotatable bonds is 5. The molecule has 108 valence electrons. The van der Waals surface area contributed by atoms with E-state index in [1.807, 2.05) is 0 Å². The predicted octanol–water partition coefficient (Wildman–Crippen LogP) is 1.69. The highest BCUT2D eigenvalue weighted by Crippen LogP contribution is 2.21. The fourth-order valence-electron chi connectivity index (χ4n) is 2.24. The molecule has 5 nitrogen and oxygen atoms in total. The Kier molecular flexibility index (Phi) is 4.65. The van der Waals surface area contributed by atoms with E-state index < -0.39 is 10.0 Å². The van der Waals surface area contributed by atoms with E-state index in [1.54, 1.807) is 16.6 Å². The minimum absolute atomic E-state index is 0.380. The third kappa shape index (κ3) is 3.58. The van der Waals surface area contributed by atoms with Gasteiger partial charge in [0, 0.05) is 37.6 Å². The summed E-state index contributed by atoms with van der Waals surface area (Å²) in [5.41, 5.74) is 0.907. The van der Waals surface area contributed by atoms with Crippen LogP contribution in [0.1, 0.15) is 38.8 Å². The maximum absolute atomic E-state index is 12.4. The van der Waals surface area contributed by atoms with Crippen molar-refractivity contribution in [1.82, 2.24) is 14.6 Å². The smallest absolute Gasteiger partial charge is 0.244 e. The van der Waals surface area contributed by atoms with Crippen LogP contribution in [0.4, 0.5) is 0 Å². The fourth-order valence-corrected chi connectivity index (χ4v) is 3.77. The van der Waals surface area contributed by atoms with Crippen LogP contribution in [0.15, 0.2) is 17.2 Å². The summed E-state index contributed by atoms with van der Waals surface area (Å²) in [7, 11) is -3.31. The van der Waals surface area contributed by atoms with Crippen molar-refractivity contribution in [3.8, 4) is 0 Å². The number of nitrogens with one attached hydrogen (secondary N) is 2. The number of piperidine rings is 1. The van der Waals surface area contributed by atoms with Crippen molar-refractivity contribution in [2.24, 2.45) is 0 Å². The number of H-pyrrole nitrogens is 1. The van der Waals surface area contributed by atoms with Gasteiger partial charge in [-0.3, -0.25) is 0 Å². The van der Waals surface area contributed by atoms with Gasteiger partial charge in [0.25, 0.3) is 0 Å². The Morgan fingerprint density at radius 1 is 1.32 bits per heavy atom. The van der Waals surface area contributed by atoms with Crippen molar-refractivity contribution in [2.45, 2.75) is 50.6 Å². The Bertz CT molecular complexity index is 502. The van der Waals surface area contributed by atoms with Gasteiger partial charge in [-0.25, -0.2) is 8.42 Å². The first-order chi connectivity index (χ1) is 9.00. The fraction of sp³-hybridized carbons (Fsp3) is 0.692. The third-order valence-corrected chi connectivity index (χ3v) is 5.25. The van der Waals surface area contributed by atoms with Crippen molar-refractivity contribution < 1.29 is 8.42 Å². The molecule has 1 fully saturated rings. The molecule has 6 heteroatoms. The zero-order valence-electron chi connectivity index (χ0n) is 11.6. The van der Waals surface area contributed by atoms with Crippen molar-refractivity contribution in [3.63, 3.8) is 0 Å². The normalized spacial score (nSPS) is 18.1. The summed E-state index contributed by atoms with van der Waals surface area (Å²) in [6, 6.07) is 2.12. The molecule has 2 N–H and O–H groups in total. The Hall–Kier alpha value is -0.850.